The Morgan fingerprint density at radius 3 is 2.86 bits per heavy atom. The van der Waals surface area contributed by atoms with Crippen molar-refractivity contribution in [1.82, 2.24) is 9.97 Å². The molecule has 0 spiro atoms. The number of nitrogen functional groups attached to an aromatic ring is 1. The van der Waals surface area contributed by atoms with Gasteiger partial charge in [0.05, 0.1) is 0 Å². The van der Waals surface area contributed by atoms with Gasteiger partial charge < -0.3 is 16.0 Å². The fraction of sp³-hybridized carbons (Fsp3) is 0.375. The van der Waals surface area contributed by atoms with Crippen LogP contribution in [0.4, 0.5) is 17.6 Å². The van der Waals surface area contributed by atoms with Crippen molar-refractivity contribution < 1.29 is 0 Å². The van der Waals surface area contributed by atoms with Gasteiger partial charge in [0.15, 0.2) is 0 Å². The highest BCUT2D eigenvalue weighted by molar-refractivity contribution is 5.54. The van der Waals surface area contributed by atoms with Gasteiger partial charge in [-0.3, -0.25) is 0 Å². The molecule has 3 N–H and O–H groups in total. The Balaban J connectivity index is 1.83. The summed E-state index contributed by atoms with van der Waals surface area (Å²) in [5.74, 6) is 2.03. The van der Waals surface area contributed by atoms with Gasteiger partial charge in [-0.1, -0.05) is 31.2 Å². The number of rotatable bonds is 4. The molecule has 21 heavy (non-hydrogen) atoms. The van der Waals surface area contributed by atoms with Crippen LogP contribution in [-0.4, -0.2) is 23.1 Å². The van der Waals surface area contributed by atoms with Crippen molar-refractivity contribution in [2.24, 2.45) is 0 Å². The average molecular weight is 283 g/mol. The number of hydrogen-bond donors (Lipinski definition) is 2. The molecule has 0 saturated carbocycles. The van der Waals surface area contributed by atoms with E-state index in [-0.39, 0.29) is 0 Å². The van der Waals surface area contributed by atoms with E-state index in [9.17, 15) is 0 Å². The number of nitrogens with zero attached hydrogens (tertiary/aromatic N) is 3. The number of anilines is 3. The Morgan fingerprint density at radius 2 is 2.05 bits per heavy atom. The van der Waals surface area contributed by atoms with Crippen molar-refractivity contribution in [2.45, 2.75) is 26.3 Å². The molecule has 5 nitrogen and oxygen atoms in total. The molecule has 1 aliphatic heterocycles. The van der Waals surface area contributed by atoms with Crippen LogP contribution >= 0.6 is 0 Å². The third kappa shape index (κ3) is 3.07. The molecule has 1 aliphatic rings. The number of hydrogen-bond acceptors (Lipinski definition) is 5. The highest BCUT2D eigenvalue weighted by Gasteiger charge is 2.18. The topological polar surface area (TPSA) is 67.1 Å². The molecule has 1 aromatic carbocycles. The maximum atomic E-state index is 5.84. The van der Waals surface area contributed by atoms with Crippen molar-refractivity contribution in [3.05, 3.63) is 41.5 Å². The third-order valence-corrected chi connectivity index (χ3v) is 3.74. The number of nitrogens with two attached hydrogens (primary N) is 1. The van der Waals surface area contributed by atoms with Gasteiger partial charge in [0.1, 0.15) is 11.6 Å². The van der Waals surface area contributed by atoms with Gasteiger partial charge in [-0.15, -0.1) is 0 Å². The first-order valence-electron chi connectivity index (χ1n) is 7.46. The Kier molecular flexibility index (Phi) is 3.90. The standard InChI is InChI=1S/C16H21N5/c1-2-8-18-14-10-15(20-16(17)19-14)21-9-7-12-5-3-4-6-13(12)11-21/h3-6,10H,2,7-9,11H2,1H3,(H3,17,18,19,20). The van der Waals surface area contributed by atoms with Crippen LogP contribution in [0.1, 0.15) is 24.5 Å². The monoisotopic (exact) mass is 283 g/mol. The normalized spacial score (nSPS) is 13.9. The van der Waals surface area contributed by atoms with Crippen molar-refractivity contribution in [3.63, 3.8) is 0 Å². The van der Waals surface area contributed by atoms with Gasteiger partial charge >= 0.3 is 0 Å². The summed E-state index contributed by atoms with van der Waals surface area (Å²) < 4.78 is 0. The molecule has 0 atom stereocenters. The summed E-state index contributed by atoms with van der Waals surface area (Å²) in [6.07, 6.45) is 2.09. The van der Waals surface area contributed by atoms with Gasteiger partial charge in [-0.05, 0) is 24.0 Å². The predicted molar refractivity (Wildman–Crippen MR) is 86.4 cm³/mol. The van der Waals surface area contributed by atoms with Crippen LogP contribution in [0.3, 0.4) is 0 Å². The smallest absolute Gasteiger partial charge is 0.223 e. The molecule has 0 aliphatic carbocycles. The summed E-state index contributed by atoms with van der Waals surface area (Å²) in [5.41, 5.74) is 8.64. The van der Waals surface area contributed by atoms with E-state index in [1.807, 2.05) is 6.07 Å². The zero-order chi connectivity index (χ0) is 14.7. The van der Waals surface area contributed by atoms with E-state index in [0.29, 0.717) is 5.95 Å². The second kappa shape index (κ2) is 5.99. The maximum absolute atomic E-state index is 5.84. The molecular formula is C16H21N5. The van der Waals surface area contributed by atoms with Crippen molar-refractivity contribution >= 4 is 17.6 Å². The SMILES string of the molecule is CCCNc1cc(N2CCc3ccccc3C2)nc(N)n1. The third-order valence-electron chi connectivity index (χ3n) is 3.74. The largest absolute Gasteiger partial charge is 0.370 e. The van der Waals surface area contributed by atoms with Crippen LogP contribution in [0.15, 0.2) is 30.3 Å². The van der Waals surface area contributed by atoms with Crippen molar-refractivity contribution in [1.29, 1.82) is 0 Å². The lowest BCUT2D eigenvalue weighted by atomic mass is 10.00. The van der Waals surface area contributed by atoms with Crippen LogP contribution < -0.4 is 16.0 Å². The lowest BCUT2D eigenvalue weighted by Crippen LogP contribution is -2.31. The van der Waals surface area contributed by atoms with Gasteiger partial charge in [-0.2, -0.15) is 9.97 Å². The Morgan fingerprint density at radius 1 is 1.24 bits per heavy atom. The van der Waals surface area contributed by atoms with Crippen LogP contribution in [0.2, 0.25) is 0 Å². The molecule has 0 unspecified atom stereocenters. The van der Waals surface area contributed by atoms with Crippen LogP contribution in [0.5, 0.6) is 0 Å². The zero-order valence-corrected chi connectivity index (χ0v) is 12.3. The first-order chi connectivity index (χ1) is 10.3. The Labute approximate surface area is 125 Å². The minimum absolute atomic E-state index is 0.324. The van der Waals surface area contributed by atoms with E-state index in [4.69, 9.17) is 5.73 Å². The van der Waals surface area contributed by atoms with Crippen molar-refractivity contribution in [3.8, 4) is 0 Å². The van der Waals surface area contributed by atoms with Gasteiger partial charge in [0, 0.05) is 25.7 Å². The highest BCUT2D eigenvalue weighted by atomic mass is 15.2. The van der Waals surface area contributed by atoms with E-state index in [1.165, 1.54) is 11.1 Å². The van der Waals surface area contributed by atoms with E-state index in [2.05, 4.69) is 51.4 Å². The van der Waals surface area contributed by atoms with Gasteiger partial charge in [0.2, 0.25) is 5.95 Å². The van der Waals surface area contributed by atoms with Crippen molar-refractivity contribution in [2.75, 3.05) is 29.0 Å². The molecule has 3 rings (SSSR count). The van der Waals surface area contributed by atoms with Crippen LogP contribution in [0, 0.1) is 0 Å². The number of nitrogens with one attached hydrogen (secondary N) is 1. The zero-order valence-electron chi connectivity index (χ0n) is 12.3. The molecule has 0 amide bonds. The molecular weight excluding hydrogens is 262 g/mol. The molecule has 0 saturated heterocycles. The summed E-state index contributed by atoms with van der Waals surface area (Å²) in [6, 6.07) is 10.6. The molecule has 2 aromatic rings. The lowest BCUT2D eigenvalue weighted by Gasteiger charge is -2.30. The van der Waals surface area contributed by atoms with E-state index in [0.717, 1.165) is 44.1 Å². The minimum Gasteiger partial charge on any atom is -0.370 e. The van der Waals surface area contributed by atoms with Crippen LogP contribution in [-0.2, 0) is 13.0 Å². The van der Waals surface area contributed by atoms with Crippen LogP contribution in [0.25, 0.3) is 0 Å². The summed E-state index contributed by atoms with van der Waals surface area (Å²) >= 11 is 0. The average Bonchev–Trinajstić information content (AvgIpc) is 2.52. The lowest BCUT2D eigenvalue weighted by molar-refractivity contribution is 0.720. The molecule has 5 heteroatoms. The van der Waals surface area contributed by atoms with E-state index >= 15 is 0 Å². The van der Waals surface area contributed by atoms with Gasteiger partial charge in [0.25, 0.3) is 0 Å². The second-order valence-corrected chi connectivity index (χ2v) is 5.34. The summed E-state index contributed by atoms with van der Waals surface area (Å²) in [6.45, 7) is 4.85. The number of aromatic nitrogens is 2. The first kappa shape index (κ1) is 13.7. The summed E-state index contributed by atoms with van der Waals surface area (Å²) in [5, 5.41) is 3.28. The number of fused-ring (bicyclic) bond motifs is 1. The van der Waals surface area contributed by atoms with Gasteiger partial charge in [-0.25, -0.2) is 0 Å². The second-order valence-electron chi connectivity index (χ2n) is 5.34. The Hall–Kier alpha value is -2.30. The molecule has 0 bridgehead atoms. The summed E-state index contributed by atoms with van der Waals surface area (Å²) in [4.78, 5) is 10.9. The molecule has 0 fully saturated rings. The quantitative estimate of drug-likeness (QED) is 0.902. The minimum atomic E-state index is 0.324. The fourth-order valence-corrected chi connectivity index (χ4v) is 2.65. The summed E-state index contributed by atoms with van der Waals surface area (Å²) in [7, 11) is 0. The number of benzene rings is 1. The molecule has 2 heterocycles. The fourth-order valence-electron chi connectivity index (χ4n) is 2.65. The molecule has 1 aromatic heterocycles. The van der Waals surface area contributed by atoms with E-state index in [1.54, 1.807) is 0 Å². The Bertz CT molecular complexity index is 626. The maximum Gasteiger partial charge on any atom is 0.223 e. The predicted octanol–water partition coefficient (Wildman–Crippen LogP) is 2.44. The van der Waals surface area contributed by atoms with E-state index < -0.39 is 0 Å². The first-order valence-corrected chi connectivity index (χ1v) is 7.46. The molecule has 110 valence electrons. The molecule has 0 radical (unpaired) electrons. The highest BCUT2D eigenvalue weighted by Crippen LogP contribution is 2.24.